The summed E-state index contributed by atoms with van der Waals surface area (Å²) in [6, 6.07) is 11.7. The number of pyridine rings is 1. The molecule has 0 radical (unpaired) electrons. The minimum Gasteiger partial charge on any atom is -0.482 e. The van der Waals surface area contributed by atoms with Crippen molar-refractivity contribution >= 4 is 11.7 Å². The topological polar surface area (TPSA) is 108 Å². The predicted molar refractivity (Wildman–Crippen MR) is 116 cm³/mol. The highest BCUT2D eigenvalue weighted by Gasteiger charge is 2.20. The first-order valence-electron chi connectivity index (χ1n) is 9.99. The first kappa shape index (κ1) is 19.7. The van der Waals surface area contributed by atoms with Gasteiger partial charge in [0.2, 0.25) is 0 Å². The zero-order valence-electron chi connectivity index (χ0n) is 17.1. The summed E-state index contributed by atoms with van der Waals surface area (Å²) in [7, 11) is 0. The minimum atomic E-state index is -0.562. The number of ether oxygens (including phenoxy) is 1. The number of fused-ring (bicyclic) bond motifs is 1. The van der Waals surface area contributed by atoms with E-state index in [1.165, 1.54) is 16.9 Å². The second-order valence-electron chi connectivity index (χ2n) is 7.44. The predicted octanol–water partition coefficient (Wildman–Crippen LogP) is 3.43. The van der Waals surface area contributed by atoms with Crippen molar-refractivity contribution in [1.82, 2.24) is 25.3 Å². The number of nitrogens with one attached hydrogen (secondary N) is 1. The Hall–Kier alpha value is -4.27. The maximum Gasteiger partial charge on any atom is 0.251 e. The summed E-state index contributed by atoms with van der Waals surface area (Å²) in [6.07, 6.45) is 4.18. The average molecular weight is 430 g/mol. The molecule has 2 aromatic heterocycles. The second-order valence-corrected chi connectivity index (χ2v) is 7.44. The molecule has 3 N–H and O–H groups in total. The van der Waals surface area contributed by atoms with Crippen LogP contribution in [0.5, 0.6) is 5.75 Å². The van der Waals surface area contributed by atoms with Crippen LogP contribution in [-0.4, -0.2) is 25.9 Å². The molecule has 1 atom stereocenters. The van der Waals surface area contributed by atoms with Gasteiger partial charge >= 0.3 is 0 Å². The molecule has 3 heterocycles. The number of hydrogen-bond acceptors (Lipinski definition) is 6. The Kier molecular flexibility index (Phi) is 4.78. The Balaban J connectivity index is 1.47. The second kappa shape index (κ2) is 7.77. The van der Waals surface area contributed by atoms with Crippen molar-refractivity contribution in [2.45, 2.75) is 19.6 Å². The van der Waals surface area contributed by atoms with Crippen LogP contribution in [-0.2, 0) is 6.54 Å². The number of nitrogen functional groups attached to an aromatic ring is 1. The van der Waals surface area contributed by atoms with Gasteiger partial charge in [0, 0.05) is 29.4 Å². The van der Waals surface area contributed by atoms with Crippen molar-refractivity contribution in [2.24, 2.45) is 0 Å². The summed E-state index contributed by atoms with van der Waals surface area (Å²) in [5, 5.41) is 11.1. The van der Waals surface area contributed by atoms with Gasteiger partial charge in [-0.1, -0.05) is 6.07 Å². The number of benzene rings is 2. The van der Waals surface area contributed by atoms with Crippen molar-refractivity contribution in [3.8, 4) is 22.6 Å². The number of aromatic nitrogens is 4. The van der Waals surface area contributed by atoms with Gasteiger partial charge in [-0.3, -0.25) is 4.79 Å². The fraction of sp³-hybridized carbons (Fsp3) is 0.130. The van der Waals surface area contributed by atoms with Crippen molar-refractivity contribution in [1.29, 1.82) is 0 Å². The van der Waals surface area contributed by atoms with Gasteiger partial charge in [0.25, 0.3) is 5.91 Å². The number of carbonyl (C=O) groups excluding carboxylic acids is 1. The van der Waals surface area contributed by atoms with Gasteiger partial charge in [0.05, 0.1) is 18.1 Å². The summed E-state index contributed by atoms with van der Waals surface area (Å²) < 4.78 is 20.1. The molecule has 0 unspecified atom stereocenters. The fourth-order valence-corrected chi connectivity index (χ4v) is 3.75. The highest BCUT2D eigenvalue weighted by molar-refractivity contribution is 5.98. The molecule has 160 valence electrons. The number of halogens is 1. The van der Waals surface area contributed by atoms with Crippen LogP contribution >= 0.6 is 0 Å². The summed E-state index contributed by atoms with van der Waals surface area (Å²) >= 11 is 0. The maximum absolute atomic E-state index is 14.0. The molecule has 0 fully saturated rings. The van der Waals surface area contributed by atoms with Crippen molar-refractivity contribution in [2.75, 3.05) is 5.73 Å². The molecule has 9 heteroatoms. The van der Waals surface area contributed by atoms with Crippen LogP contribution in [0.15, 0.2) is 61.1 Å². The highest BCUT2D eigenvalue weighted by atomic mass is 19.1. The molecule has 1 aliphatic rings. The molecule has 0 saturated carbocycles. The number of anilines is 1. The van der Waals surface area contributed by atoms with Crippen LogP contribution in [0.25, 0.3) is 16.8 Å². The van der Waals surface area contributed by atoms with Crippen LogP contribution in [0.4, 0.5) is 10.2 Å². The molecule has 0 aliphatic carbocycles. The van der Waals surface area contributed by atoms with E-state index in [4.69, 9.17) is 10.5 Å². The number of rotatable bonds is 5. The van der Waals surface area contributed by atoms with Crippen molar-refractivity contribution < 1.29 is 13.9 Å². The molecular weight excluding hydrogens is 411 g/mol. The maximum atomic E-state index is 14.0. The van der Waals surface area contributed by atoms with Crippen LogP contribution in [0.1, 0.15) is 34.5 Å². The smallest absolute Gasteiger partial charge is 0.251 e. The van der Waals surface area contributed by atoms with E-state index in [2.05, 4.69) is 20.5 Å². The molecule has 1 aliphatic heterocycles. The summed E-state index contributed by atoms with van der Waals surface area (Å²) in [5.41, 5.74) is 10.5. The lowest BCUT2D eigenvalue weighted by molar-refractivity contribution is 0.0965. The summed E-state index contributed by atoms with van der Waals surface area (Å²) in [5.74, 6) is 0.118. The van der Waals surface area contributed by atoms with Crippen LogP contribution in [0, 0.1) is 5.82 Å². The molecule has 32 heavy (non-hydrogen) atoms. The normalized spacial score (nSPS) is 13.5. The average Bonchev–Trinajstić information content (AvgIpc) is 3.45. The fourth-order valence-electron chi connectivity index (χ4n) is 3.75. The van der Waals surface area contributed by atoms with E-state index >= 15 is 0 Å². The zero-order chi connectivity index (χ0) is 22.2. The molecule has 8 nitrogen and oxygen atoms in total. The van der Waals surface area contributed by atoms with Crippen LogP contribution < -0.4 is 15.8 Å². The Bertz CT molecular complexity index is 1320. The Morgan fingerprint density at radius 2 is 1.94 bits per heavy atom. The largest absolute Gasteiger partial charge is 0.482 e. The summed E-state index contributed by atoms with van der Waals surface area (Å²) in [4.78, 5) is 17.5. The zero-order valence-corrected chi connectivity index (χ0v) is 17.1. The van der Waals surface area contributed by atoms with Gasteiger partial charge in [-0.15, -0.1) is 0 Å². The van der Waals surface area contributed by atoms with E-state index in [0.29, 0.717) is 29.1 Å². The third-order valence-corrected chi connectivity index (χ3v) is 5.37. The third kappa shape index (κ3) is 3.53. The van der Waals surface area contributed by atoms with E-state index in [-0.39, 0.29) is 11.7 Å². The number of hydrogen-bond donors (Lipinski definition) is 2. The molecular formula is C23H19FN6O2. The van der Waals surface area contributed by atoms with Gasteiger partial charge in [-0.2, -0.15) is 15.0 Å². The first-order valence-corrected chi connectivity index (χ1v) is 9.99. The van der Waals surface area contributed by atoms with Gasteiger partial charge in [-0.25, -0.2) is 9.37 Å². The molecule has 0 bridgehead atoms. The molecule has 4 aromatic rings. The Labute approximate surface area is 182 Å². The van der Waals surface area contributed by atoms with Gasteiger partial charge in [-0.05, 0) is 54.4 Å². The lowest BCUT2D eigenvalue weighted by atomic mass is 10.0. The van der Waals surface area contributed by atoms with E-state index < -0.39 is 11.9 Å². The number of amides is 1. The molecule has 5 rings (SSSR count). The molecule has 2 aromatic carbocycles. The lowest BCUT2D eigenvalue weighted by Gasteiger charge is -2.19. The van der Waals surface area contributed by atoms with Crippen molar-refractivity contribution in [3.63, 3.8) is 0 Å². The lowest BCUT2D eigenvalue weighted by Crippen LogP contribution is -2.12. The third-order valence-electron chi connectivity index (χ3n) is 5.37. The molecule has 0 saturated heterocycles. The monoisotopic (exact) mass is 430 g/mol. The highest BCUT2D eigenvalue weighted by Crippen LogP contribution is 2.33. The van der Waals surface area contributed by atoms with E-state index in [9.17, 15) is 9.18 Å². The molecule has 1 amide bonds. The van der Waals surface area contributed by atoms with Gasteiger partial charge < -0.3 is 15.8 Å². The van der Waals surface area contributed by atoms with E-state index in [0.717, 1.165) is 16.7 Å². The number of nitrogens with two attached hydrogens (primary N) is 1. The Morgan fingerprint density at radius 1 is 1.12 bits per heavy atom. The number of nitrogens with zero attached hydrogens (tertiary/aromatic N) is 4. The van der Waals surface area contributed by atoms with E-state index in [1.54, 1.807) is 43.7 Å². The van der Waals surface area contributed by atoms with Crippen LogP contribution in [0.3, 0.4) is 0 Å². The quantitative estimate of drug-likeness (QED) is 0.502. The van der Waals surface area contributed by atoms with E-state index in [1.807, 2.05) is 12.1 Å². The first-order chi connectivity index (χ1) is 15.5. The summed E-state index contributed by atoms with van der Waals surface area (Å²) in [6.45, 7) is 2.29. The van der Waals surface area contributed by atoms with Gasteiger partial charge in [0.1, 0.15) is 11.9 Å². The minimum absolute atomic E-state index is 0.0719. The molecule has 0 spiro atoms. The van der Waals surface area contributed by atoms with Crippen LogP contribution in [0.2, 0.25) is 0 Å². The van der Waals surface area contributed by atoms with Crippen molar-refractivity contribution in [3.05, 3.63) is 83.6 Å². The standard InChI is InChI=1S/C23H19FN6O2/c1-13(19-10-17(24)3-5-20(19)30-28-6-7-29-30)32-21-9-15(11-26-22(21)25)14-2-4-18-16(8-14)12-27-23(18)31/h2-11,13H,12H2,1H3,(H2,25,26)(H,27,31)/t13-/m1/s1. The van der Waals surface area contributed by atoms with Gasteiger partial charge in [0.15, 0.2) is 11.6 Å². The SMILES string of the molecule is C[C@@H](Oc1cc(-c2ccc3c(c2)CNC3=O)cnc1N)c1cc(F)ccc1-n1nccn1. The Morgan fingerprint density at radius 3 is 2.75 bits per heavy atom. The number of carbonyl (C=O) groups is 1.